The first kappa shape index (κ1) is 32.6. The lowest BCUT2D eigenvalue weighted by Gasteiger charge is -2.20. The van der Waals surface area contributed by atoms with E-state index < -0.39 is 0 Å². The lowest BCUT2D eigenvalue weighted by atomic mass is 9.87. The van der Waals surface area contributed by atoms with Gasteiger partial charge in [0, 0.05) is 30.9 Å². The molecule has 0 aliphatic carbocycles. The van der Waals surface area contributed by atoms with E-state index in [4.69, 9.17) is 48.9 Å². The predicted molar refractivity (Wildman–Crippen MR) is 172 cm³/mol. The smallest absolute Gasteiger partial charge is 0.156 e. The van der Waals surface area contributed by atoms with Crippen molar-refractivity contribution >= 4 is 28.8 Å². The number of hydrogen-bond acceptors (Lipinski definition) is 5. The Hall–Kier alpha value is -2.96. The lowest BCUT2D eigenvalue weighted by Crippen LogP contribution is -2.16. The van der Waals surface area contributed by atoms with Crippen LogP contribution in [-0.2, 0) is 11.2 Å². The number of benzene rings is 3. The topological polar surface area (TPSA) is 79.7 Å². The minimum absolute atomic E-state index is 0.196. The average molecular weight is 598 g/mol. The van der Waals surface area contributed by atoms with Crippen LogP contribution in [0.3, 0.4) is 0 Å². The van der Waals surface area contributed by atoms with Gasteiger partial charge in [-0.2, -0.15) is 0 Å². The van der Waals surface area contributed by atoms with Gasteiger partial charge in [-0.15, -0.1) is 0 Å². The second kappa shape index (κ2) is 16.5. The summed E-state index contributed by atoms with van der Waals surface area (Å²) < 4.78 is 16.8. The van der Waals surface area contributed by atoms with Gasteiger partial charge >= 0.3 is 0 Å². The molecule has 3 aromatic carbocycles. The van der Waals surface area contributed by atoms with Crippen LogP contribution < -0.4 is 20.9 Å². The number of halogens is 2. The Kier molecular flexibility index (Phi) is 13.1. The number of ether oxygens (including phenoxy) is 3. The second-order valence-electron chi connectivity index (χ2n) is 10.1. The Bertz CT molecular complexity index is 1310. The maximum atomic E-state index is 6.47. The highest BCUT2D eigenvalue weighted by molar-refractivity contribution is 6.37. The summed E-state index contributed by atoms with van der Waals surface area (Å²) in [5.41, 5.74) is 20.4. The SMILES string of the molecule is C/C=C\C(=C(/N)CCCOC)c1ccc(C(CN)Cc2ccc(OCCOc3c(Cl)cc(C)cc3Cl)cc2)c(C)c1. The van der Waals surface area contributed by atoms with Gasteiger partial charge in [0.05, 0.1) is 10.0 Å². The molecule has 3 rings (SSSR count). The highest BCUT2D eigenvalue weighted by Crippen LogP contribution is 2.34. The van der Waals surface area contributed by atoms with E-state index in [2.05, 4.69) is 43.3 Å². The minimum Gasteiger partial charge on any atom is -0.490 e. The Morgan fingerprint density at radius 2 is 1.61 bits per heavy atom. The molecule has 220 valence electrons. The van der Waals surface area contributed by atoms with Crippen LogP contribution in [0.2, 0.25) is 10.0 Å². The van der Waals surface area contributed by atoms with Crippen molar-refractivity contribution in [3.8, 4) is 11.5 Å². The van der Waals surface area contributed by atoms with Crippen molar-refractivity contribution < 1.29 is 14.2 Å². The Morgan fingerprint density at radius 3 is 2.22 bits per heavy atom. The first-order valence-electron chi connectivity index (χ1n) is 14.0. The van der Waals surface area contributed by atoms with Crippen LogP contribution in [0.5, 0.6) is 11.5 Å². The molecule has 7 heteroatoms. The monoisotopic (exact) mass is 596 g/mol. The predicted octanol–water partition coefficient (Wildman–Crippen LogP) is 8.03. The number of methoxy groups -OCH3 is 1. The molecule has 0 aromatic heterocycles. The van der Waals surface area contributed by atoms with Crippen molar-refractivity contribution in [3.05, 3.63) is 110 Å². The molecule has 0 aliphatic rings. The van der Waals surface area contributed by atoms with Gasteiger partial charge in [-0.1, -0.05) is 65.7 Å². The summed E-state index contributed by atoms with van der Waals surface area (Å²) in [6, 6.07) is 18.3. The largest absolute Gasteiger partial charge is 0.490 e. The molecule has 0 saturated carbocycles. The van der Waals surface area contributed by atoms with Crippen LogP contribution in [0.25, 0.3) is 5.57 Å². The molecule has 0 saturated heterocycles. The summed E-state index contributed by atoms with van der Waals surface area (Å²) in [7, 11) is 1.71. The highest BCUT2D eigenvalue weighted by atomic mass is 35.5. The molecule has 1 unspecified atom stereocenters. The Balaban J connectivity index is 1.61. The molecular weight excluding hydrogens is 555 g/mol. The van der Waals surface area contributed by atoms with Crippen LogP contribution in [0, 0.1) is 13.8 Å². The molecule has 0 spiro atoms. The van der Waals surface area contributed by atoms with E-state index in [1.165, 1.54) is 16.7 Å². The highest BCUT2D eigenvalue weighted by Gasteiger charge is 2.15. The summed E-state index contributed by atoms with van der Waals surface area (Å²) in [4.78, 5) is 0. The summed E-state index contributed by atoms with van der Waals surface area (Å²) >= 11 is 12.5. The molecule has 0 aliphatic heterocycles. The molecule has 0 fully saturated rings. The maximum Gasteiger partial charge on any atom is 0.156 e. The zero-order chi connectivity index (χ0) is 29.8. The molecule has 41 heavy (non-hydrogen) atoms. The number of allylic oxidation sites excluding steroid dienone is 4. The van der Waals surface area contributed by atoms with Gasteiger partial charge < -0.3 is 25.7 Å². The van der Waals surface area contributed by atoms with E-state index in [0.29, 0.717) is 42.2 Å². The molecule has 1 atom stereocenters. The van der Waals surface area contributed by atoms with Crippen molar-refractivity contribution in [2.75, 3.05) is 33.5 Å². The summed E-state index contributed by atoms with van der Waals surface area (Å²) in [6.45, 7) is 8.04. The van der Waals surface area contributed by atoms with Crippen LogP contribution >= 0.6 is 23.2 Å². The number of nitrogens with two attached hydrogens (primary N) is 2. The van der Waals surface area contributed by atoms with Crippen molar-refractivity contribution in [2.45, 2.75) is 46.0 Å². The Labute approximate surface area is 255 Å². The van der Waals surface area contributed by atoms with E-state index in [-0.39, 0.29) is 5.92 Å². The fraction of sp³-hybridized carbons (Fsp3) is 0.353. The molecule has 0 heterocycles. The average Bonchev–Trinajstić information content (AvgIpc) is 2.94. The van der Waals surface area contributed by atoms with E-state index in [9.17, 15) is 0 Å². The fourth-order valence-electron chi connectivity index (χ4n) is 4.85. The van der Waals surface area contributed by atoms with Gasteiger partial charge in [0.25, 0.3) is 0 Å². The number of rotatable bonds is 15. The van der Waals surface area contributed by atoms with Crippen LogP contribution in [0.4, 0.5) is 0 Å². The van der Waals surface area contributed by atoms with E-state index in [0.717, 1.165) is 47.4 Å². The van der Waals surface area contributed by atoms with E-state index in [1.807, 2.05) is 44.2 Å². The van der Waals surface area contributed by atoms with E-state index >= 15 is 0 Å². The lowest BCUT2D eigenvalue weighted by molar-refractivity contribution is 0.195. The van der Waals surface area contributed by atoms with Crippen LogP contribution in [-0.4, -0.2) is 33.5 Å². The zero-order valence-electron chi connectivity index (χ0n) is 24.5. The second-order valence-corrected chi connectivity index (χ2v) is 11.0. The molecule has 0 amide bonds. The summed E-state index contributed by atoms with van der Waals surface area (Å²) in [6.07, 6.45) is 6.63. The van der Waals surface area contributed by atoms with Crippen molar-refractivity contribution in [1.82, 2.24) is 0 Å². The zero-order valence-corrected chi connectivity index (χ0v) is 26.0. The number of hydrogen-bond donors (Lipinski definition) is 2. The van der Waals surface area contributed by atoms with Crippen LogP contribution in [0.15, 0.2) is 72.4 Å². The third-order valence-electron chi connectivity index (χ3n) is 6.93. The fourth-order valence-corrected chi connectivity index (χ4v) is 5.56. The molecule has 4 N–H and O–H groups in total. The summed E-state index contributed by atoms with van der Waals surface area (Å²) in [5.74, 6) is 1.45. The van der Waals surface area contributed by atoms with Crippen LogP contribution in [0.1, 0.15) is 53.5 Å². The van der Waals surface area contributed by atoms with Crippen molar-refractivity contribution in [1.29, 1.82) is 0 Å². The van der Waals surface area contributed by atoms with Gasteiger partial charge in [-0.25, -0.2) is 0 Å². The van der Waals surface area contributed by atoms with Gasteiger partial charge in [0.1, 0.15) is 19.0 Å². The van der Waals surface area contributed by atoms with Gasteiger partial charge in [-0.3, -0.25) is 0 Å². The quantitative estimate of drug-likeness (QED) is 0.137. The standard InChI is InChI=1S/C34H42Cl2N2O3/c1-5-7-30(33(38)8-6-15-39-4)26-11-14-29(24(3)20-26)27(22-37)21-25-9-12-28(13-10-25)40-16-17-41-34-31(35)18-23(2)19-32(34)36/h5,7,9-14,18-20,27H,6,8,15-17,21-22,37-38H2,1-4H3/b7-5-,33-30+. The molecule has 3 aromatic rings. The van der Waals surface area contributed by atoms with Crippen molar-refractivity contribution in [3.63, 3.8) is 0 Å². The van der Waals surface area contributed by atoms with Gasteiger partial charge in [0.15, 0.2) is 5.75 Å². The normalized spacial score (nSPS) is 12.9. The minimum atomic E-state index is 0.196. The first-order valence-corrected chi connectivity index (χ1v) is 14.7. The van der Waals surface area contributed by atoms with Gasteiger partial charge in [0.2, 0.25) is 0 Å². The maximum absolute atomic E-state index is 6.47. The molecular formula is C34H42Cl2N2O3. The van der Waals surface area contributed by atoms with Crippen molar-refractivity contribution in [2.24, 2.45) is 11.5 Å². The molecule has 0 radical (unpaired) electrons. The third kappa shape index (κ3) is 9.54. The first-order chi connectivity index (χ1) is 19.8. The number of aryl methyl sites for hydroxylation is 2. The Morgan fingerprint density at radius 1 is 0.927 bits per heavy atom. The summed E-state index contributed by atoms with van der Waals surface area (Å²) in [5, 5.41) is 0.992. The molecule has 0 bridgehead atoms. The third-order valence-corrected chi connectivity index (χ3v) is 7.49. The van der Waals surface area contributed by atoms with Gasteiger partial charge in [-0.05, 0) is 98.7 Å². The van der Waals surface area contributed by atoms with E-state index in [1.54, 1.807) is 7.11 Å². The molecule has 5 nitrogen and oxygen atoms in total.